The number of hydrogen-bond donors (Lipinski definition) is 0. The molecule has 0 unspecified atom stereocenters. The van der Waals surface area contributed by atoms with E-state index in [4.69, 9.17) is 0 Å². The number of benzene rings is 1. The molecule has 0 bridgehead atoms. The first-order chi connectivity index (χ1) is 8.11. The van der Waals surface area contributed by atoms with Crippen molar-refractivity contribution < 1.29 is 14.3 Å². The van der Waals surface area contributed by atoms with Gasteiger partial charge >= 0.3 is 5.97 Å². The largest absolute Gasteiger partial charge is 0.469 e. The van der Waals surface area contributed by atoms with Crippen LogP contribution in [0.5, 0.6) is 0 Å². The van der Waals surface area contributed by atoms with E-state index < -0.39 is 0 Å². The minimum absolute atomic E-state index is 0.108. The fourth-order valence-corrected chi connectivity index (χ4v) is 1.62. The first-order valence-electron chi connectivity index (χ1n) is 5.76. The molecule has 1 rings (SSSR count). The fourth-order valence-electron chi connectivity index (χ4n) is 1.62. The predicted molar refractivity (Wildman–Crippen MR) is 65.8 cm³/mol. The van der Waals surface area contributed by atoms with Gasteiger partial charge in [-0.2, -0.15) is 0 Å². The van der Waals surface area contributed by atoms with Gasteiger partial charge in [-0.25, -0.2) is 0 Å². The molecular weight excluding hydrogens is 216 g/mol. The molecule has 0 saturated carbocycles. The molecule has 17 heavy (non-hydrogen) atoms. The Balaban J connectivity index is 2.31. The second-order valence-corrected chi connectivity index (χ2v) is 4.10. The average molecular weight is 234 g/mol. The summed E-state index contributed by atoms with van der Waals surface area (Å²) in [4.78, 5) is 22.4. The number of esters is 1. The Bertz CT molecular complexity index is 396. The maximum absolute atomic E-state index is 11.5. The van der Waals surface area contributed by atoms with E-state index in [2.05, 4.69) is 10.8 Å². The van der Waals surface area contributed by atoms with Gasteiger partial charge in [-0.05, 0) is 18.9 Å². The molecule has 0 spiro atoms. The summed E-state index contributed by atoms with van der Waals surface area (Å²) in [5.41, 5.74) is 2.36. The van der Waals surface area contributed by atoms with E-state index in [0.29, 0.717) is 6.42 Å². The van der Waals surface area contributed by atoms with Crippen molar-refractivity contribution in [2.75, 3.05) is 7.11 Å². The van der Waals surface area contributed by atoms with Crippen molar-refractivity contribution in [3.63, 3.8) is 0 Å². The summed E-state index contributed by atoms with van der Waals surface area (Å²) in [6.07, 6.45) is 1.68. The van der Waals surface area contributed by atoms with Crippen LogP contribution in [0.25, 0.3) is 0 Å². The Morgan fingerprint density at radius 3 is 2.59 bits per heavy atom. The molecule has 0 saturated heterocycles. The molecule has 1 aromatic carbocycles. The number of ketones is 1. The lowest BCUT2D eigenvalue weighted by Crippen LogP contribution is -2.06. The Kier molecular flexibility index (Phi) is 5.40. The van der Waals surface area contributed by atoms with E-state index in [0.717, 1.165) is 12.0 Å². The highest BCUT2D eigenvalue weighted by Crippen LogP contribution is 2.08. The Morgan fingerprint density at radius 2 is 1.94 bits per heavy atom. The number of hydrogen-bond acceptors (Lipinski definition) is 3. The average Bonchev–Trinajstić information content (AvgIpc) is 2.33. The monoisotopic (exact) mass is 234 g/mol. The summed E-state index contributed by atoms with van der Waals surface area (Å²) in [7, 11) is 1.33. The first-order valence-corrected chi connectivity index (χ1v) is 5.76. The fraction of sp³-hybridized carbons (Fsp3) is 0.429. The molecule has 0 aromatic heterocycles. The summed E-state index contributed by atoms with van der Waals surface area (Å²) < 4.78 is 4.49. The van der Waals surface area contributed by atoms with Crippen LogP contribution in [0.2, 0.25) is 0 Å². The number of carbonyl (C=O) groups is 2. The highest BCUT2D eigenvalue weighted by atomic mass is 16.5. The molecule has 92 valence electrons. The standard InChI is InChI=1S/C14H18O3/c1-11-4-3-5-12(10-11)6-7-13(15)8-9-14(16)17-2/h3-5,10H,6-9H2,1-2H3. The topological polar surface area (TPSA) is 43.4 Å². The minimum Gasteiger partial charge on any atom is -0.469 e. The van der Waals surface area contributed by atoms with Gasteiger partial charge in [-0.15, -0.1) is 0 Å². The molecule has 0 aliphatic heterocycles. The normalized spacial score (nSPS) is 10.0. The van der Waals surface area contributed by atoms with Gasteiger partial charge in [-0.1, -0.05) is 29.8 Å². The summed E-state index contributed by atoms with van der Waals surface area (Å²) in [6, 6.07) is 8.11. The predicted octanol–water partition coefficient (Wildman–Crippen LogP) is 2.45. The van der Waals surface area contributed by atoms with Crippen LogP contribution >= 0.6 is 0 Å². The van der Waals surface area contributed by atoms with Crippen LogP contribution in [0.4, 0.5) is 0 Å². The Hall–Kier alpha value is -1.64. The van der Waals surface area contributed by atoms with Crippen molar-refractivity contribution in [2.45, 2.75) is 32.6 Å². The first kappa shape index (κ1) is 13.4. The maximum Gasteiger partial charge on any atom is 0.305 e. The molecule has 0 amide bonds. The van der Waals surface area contributed by atoms with Crippen LogP contribution < -0.4 is 0 Å². The van der Waals surface area contributed by atoms with E-state index in [1.807, 2.05) is 25.1 Å². The van der Waals surface area contributed by atoms with Gasteiger partial charge in [0, 0.05) is 12.8 Å². The van der Waals surface area contributed by atoms with E-state index in [9.17, 15) is 9.59 Å². The van der Waals surface area contributed by atoms with E-state index in [-0.39, 0.29) is 24.6 Å². The molecule has 3 nitrogen and oxygen atoms in total. The SMILES string of the molecule is COC(=O)CCC(=O)CCc1cccc(C)c1. The molecule has 0 N–H and O–H groups in total. The van der Waals surface area contributed by atoms with Crippen molar-refractivity contribution in [3.8, 4) is 0 Å². The van der Waals surface area contributed by atoms with E-state index >= 15 is 0 Å². The summed E-state index contributed by atoms with van der Waals surface area (Å²) in [6.45, 7) is 2.03. The lowest BCUT2D eigenvalue weighted by molar-refractivity contribution is -0.141. The molecule has 1 aromatic rings. The van der Waals surface area contributed by atoms with Gasteiger partial charge in [0.25, 0.3) is 0 Å². The van der Waals surface area contributed by atoms with Crippen LogP contribution in [0.1, 0.15) is 30.4 Å². The molecule has 3 heteroatoms. The Morgan fingerprint density at radius 1 is 1.18 bits per heavy atom. The lowest BCUT2D eigenvalue weighted by atomic mass is 10.0. The zero-order valence-electron chi connectivity index (χ0n) is 10.4. The quantitative estimate of drug-likeness (QED) is 0.710. The second-order valence-electron chi connectivity index (χ2n) is 4.10. The third kappa shape index (κ3) is 5.29. The number of Topliss-reactive ketones (excluding diaryl/α,β-unsaturated/α-hetero) is 1. The highest BCUT2D eigenvalue weighted by molar-refractivity contribution is 5.83. The van der Waals surface area contributed by atoms with Crippen molar-refractivity contribution in [1.29, 1.82) is 0 Å². The zero-order chi connectivity index (χ0) is 12.7. The van der Waals surface area contributed by atoms with Gasteiger partial charge in [0.05, 0.1) is 13.5 Å². The van der Waals surface area contributed by atoms with Gasteiger partial charge in [0.1, 0.15) is 5.78 Å². The highest BCUT2D eigenvalue weighted by Gasteiger charge is 2.07. The van der Waals surface area contributed by atoms with Crippen molar-refractivity contribution in [1.82, 2.24) is 0 Å². The minimum atomic E-state index is -0.325. The van der Waals surface area contributed by atoms with Crippen LogP contribution in [-0.2, 0) is 20.7 Å². The number of aryl methyl sites for hydroxylation is 2. The summed E-state index contributed by atoms with van der Waals surface area (Å²) >= 11 is 0. The molecule has 0 aliphatic carbocycles. The smallest absolute Gasteiger partial charge is 0.305 e. The van der Waals surface area contributed by atoms with Crippen LogP contribution in [0.3, 0.4) is 0 Å². The van der Waals surface area contributed by atoms with Crippen LogP contribution in [0.15, 0.2) is 24.3 Å². The second kappa shape index (κ2) is 6.84. The molecular formula is C14H18O3. The lowest BCUT2D eigenvalue weighted by Gasteiger charge is -2.02. The third-order valence-electron chi connectivity index (χ3n) is 2.61. The molecule has 0 atom stereocenters. The third-order valence-corrected chi connectivity index (χ3v) is 2.61. The number of carbonyl (C=O) groups excluding carboxylic acids is 2. The molecule has 0 radical (unpaired) electrons. The molecule has 0 fully saturated rings. The maximum atomic E-state index is 11.5. The van der Waals surface area contributed by atoms with Crippen molar-refractivity contribution in [3.05, 3.63) is 35.4 Å². The zero-order valence-corrected chi connectivity index (χ0v) is 10.4. The summed E-state index contributed by atoms with van der Waals surface area (Å²) in [5.74, 6) is -0.217. The van der Waals surface area contributed by atoms with E-state index in [1.54, 1.807) is 0 Å². The van der Waals surface area contributed by atoms with Gasteiger partial charge < -0.3 is 4.74 Å². The number of methoxy groups -OCH3 is 1. The molecule has 0 aliphatic rings. The number of rotatable bonds is 6. The van der Waals surface area contributed by atoms with Crippen molar-refractivity contribution >= 4 is 11.8 Å². The van der Waals surface area contributed by atoms with Gasteiger partial charge in [-0.3, -0.25) is 9.59 Å². The van der Waals surface area contributed by atoms with Gasteiger partial charge in [0.15, 0.2) is 0 Å². The molecule has 0 heterocycles. The number of ether oxygens (including phenoxy) is 1. The Labute approximate surface area is 102 Å². The van der Waals surface area contributed by atoms with E-state index in [1.165, 1.54) is 12.7 Å². The van der Waals surface area contributed by atoms with Crippen LogP contribution in [-0.4, -0.2) is 18.9 Å². The van der Waals surface area contributed by atoms with Crippen LogP contribution in [0, 0.1) is 6.92 Å². The summed E-state index contributed by atoms with van der Waals surface area (Å²) in [5, 5.41) is 0. The van der Waals surface area contributed by atoms with Gasteiger partial charge in [0.2, 0.25) is 0 Å². The van der Waals surface area contributed by atoms with Crippen molar-refractivity contribution in [2.24, 2.45) is 0 Å².